The van der Waals surface area contributed by atoms with Crippen molar-refractivity contribution in [3.63, 3.8) is 0 Å². The maximum Gasteiger partial charge on any atom is 0.224 e. The molecular formula is C16H23ClN2O2. The van der Waals surface area contributed by atoms with Crippen LogP contribution in [0.25, 0.3) is 0 Å². The zero-order valence-corrected chi connectivity index (χ0v) is 13.0. The molecule has 0 saturated carbocycles. The van der Waals surface area contributed by atoms with Gasteiger partial charge in [-0.1, -0.05) is 30.3 Å². The highest BCUT2D eigenvalue weighted by atomic mass is 35.5. The van der Waals surface area contributed by atoms with Crippen molar-refractivity contribution in [1.29, 1.82) is 0 Å². The first-order valence-electron chi connectivity index (χ1n) is 7.43. The van der Waals surface area contributed by atoms with E-state index in [0.29, 0.717) is 31.5 Å². The molecule has 0 aliphatic carbocycles. The summed E-state index contributed by atoms with van der Waals surface area (Å²) < 4.78 is 5.58. The molecule has 0 aromatic heterocycles. The second kappa shape index (κ2) is 7.78. The Morgan fingerprint density at radius 3 is 2.52 bits per heavy atom. The smallest absolute Gasteiger partial charge is 0.224 e. The average Bonchev–Trinajstić information content (AvgIpc) is 3.05. The van der Waals surface area contributed by atoms with Crippen LogP contribution in [0, 0.1) is 11.8 Å². The molecule has 1 amide bonds. The van der Waals surface area contributed by atoms with Crippen molar-refractivity contribution in [1.82, 2.24) is 10.2 Å². The molecule has 2 atom stereocenters. The second-order valence-corrected chi connectivity index (χ2v) is 5.77. The van der Waals surface area contributed by atoms with Gasteiger partial charge < -0.3 is 15.0 Å². The van der Waals surface area contributed by atoms with E-state index < -0.39 is 0 Å². The quantitative estimate of drug-likeness (QED) is 0.842. The molecule has 0 bridgehead atoms. The van der Waals surface area contributed by atoms with E-state index in [-0.39, 0.29) is 18.3 Å². The van der Waals surface area contributed by atoms with Crippen LogP contribution < -0.4 is 5.32 Å². The molecular weight excluding hydrogens is 288 g/mol. The topological polar surface area (TPSA) is 41.6 Å². The number of hydrogen-bond acceptors (Lipinski definition) is 3. The van der Waals surface area contributed by atoms with Crippen LogP contribution in [0.15, 0.2) is 30.3 Å². The van der Waals surface area contributed by atoms with E-state index in [4.69, 9.17) is 4.74 Å². The van der Waals surface area contributed by atoms with Gasteiger partial charge in [-0.25, -0.2) is 0 Å². The number of hydrogen-bond donors (Lipinski definition) is 1. The Labute approximate surface area is 132 Å². The monoisotopic (exact) mass is 310 g/mol. The molecule has 2 fully saturated rings. The van der Waals surface area contributed by atoms with E-state index in [1.54, 1.807) is 0 Å². The van der Waals surface area contributed by atoms with Crippen molar-refractivity contribution in [3.05, 3.63) is 35.9 Å². The molecule has 0 radical (unpaired) electrons. The lowest BCUT2D eigenvalue weighted by Gasteiger charge is -2.17. The van der Waals surface area contributed by atoms with Crippen LogP contribution in [-0.2, 0) is 16.1 Å². The molecule has 3 rings (SSSR count). The number of rotatable bonds is 5. The Morgan fingerprint density at radius 1 is 1.19 bits per heavy atom. The van der Waals surface area contributed by atoms with Crippen molar-refractivity contribution < 1.29 is 9.53 Å². The molecule has 2 aliphatic rings. The van der Waals surface area contributed by atoms with Gasteiger partial charge in [0.2, 0.25) is 5.91 Å². The summed E-state index contributed by atoms with van der Waals surface area (Å²) in [7, 11) is 0. The second-order valence-electron chi connectivity index (χ2n) is 5.77. The molecule has 116 valence electrons. The van der Waals surface area contributed by atoms with E-state index in [9.17, 15) is 4.79 Å². The van der Waals surface area contributed by atoms with Crippen LogP contribution in [0.4, 0.5) is 0 Å². The highest BCUT2D eigenvalue weighted by Gasteiger charge is 2.37. The van der Waals surface area contributed by atoms with Crippen molar-refractivity contribution >= 4 is 18.3 Å². The van der Waals surface area contributed by atoms with Gasteiger partial charge in [-0.05, 0) is 17.4 Å². The van der Waals surface area contributed by atoms with Crippen molar-refractivity contribution in [2.75, 3.05) is 32.8 Å². The van der Waals surface area contributed by atoms with Crippen LogP contribution in [0.3, 0.4) is 0 Å². The Bertz CT molecular complexity index is 443. The number of fused-ring (bicyclic) bond motifs is 1. The molecule has 1 N–H and O–H groups in total. The number of halogens is 1. The number of likely N-dealkylation sites (tertiary alicyclic amines) is 1. The van der Waals surface area contributed by atoms with Crippen molar-refractivity contribution in [2.45, 2.75) is 13.0 Å². The molecule has 21 heavy (non-hydrogen) atoms. The normalized spacial score (nSPS) is 23.7. The third kappa shape index (κ3) is 4.19. The lowest BCUT2D eigenvalue weighted by molar-refractivity contribution is -0.131. The van der Waals surface area contributed by atoms with Crippen LogP contribution in [-0.4, -0.2) is 43.6 Å². The maximum atomic E-state index is 12.1. The lowest BCUT2D eigenvalue weighted by atomic mass is 10.0. The van der Waals surface area contributed by atoms with Gasteiger partial charge in [0.05, 0.1) is 19.6 Å². The fourth-order valence-corrected chi connectivity index (χ4v) is 3.14. The average molecular weight is 311 g/mol. The van der Waals surface area contributed by atoms with Gasteiger partial charge in [0, 0.05) is 26.2 Å². The van der Waals surface area contributed by atoms with Crippen LogP contribution >= 0.6 is 12.4 Å². The fourth-order valence-electron chi connectivity index (χ4n) is 3.14. The first kappa shape index (κ1) is 16.3. The summed E-state index contributed by atoms with van der Waals surface area (Å²) in [6.07, 6.45) is 0.500. The SMILES string of the molecule is Cl.O=C(CCOCc1ccccc1)N1C[C@H]2CNC[C@H]2C1. The number of carbonyl (C=O) groups is 1. The van der Waals surface area contributed by atoms with Gasteiger partial charge >= 0.3 is 0 Å². The summed E-state index contributed by atoms with van der Waals surface area (Å²) in [5.74, 6) is 1.58. The first-order valence-corrected chi connectivity index (χ1v) is 7.43. The summed E-state index contributed by atoms with van der Waals surface area (Å²) in [5, 5.41) is 3.39. The number of amides is 1. The van der Waals surface area contributed by atoms with Gasteiger partial charge in [-0.2, -0.15) is 0 Å². The van der Waals surface area contributed by atoms with Crippen LogP contribution in [0.1, 0.15) is 12.0 Å². The Kier molecular flexibility index (Phi) is 6.03. The van der Waals surface area contributed by atoms with E-state index in [1.807, 2.05) is 35.2 Å². The van der Waals surface area contributed by atoms with E-state index in [0.717, 1.165) is 31.7 Å². The molecule has 0 unspecified atom stereocenters. The Balaban J connectivity index is 0.00000161. The summed E-state index contributed by atoms with van der Waals surface area (Å²) in [6.45, 7) is 5.09. The van der Waals surface area contributed by atoms with Gasteiger partial charge in [0.15, 0.2) is 0 Å². The summed E-state index contributed by atoms with van der Waals surface area (Å²) in [6, 6.07) is 10.1. The first-order chi connectivity index (χ1) is 9.83. The molecule has 1 aromatic carbocycles. The predicted molar refractivity (Wildman–Crippen MR) is 84.4 cm³/mol. The van der Waals surface area contributed by atoms with Gasteiger partial charge in [-0.3, -0.25) is 4.79 Å². The number of ether oxygens (including phenoxy) is 1. The number of nitrogens with zero attached hydrogens (tertiary/aromatic N) is 1. The summed E-state index contributed by atoms with van der Waals surface area (Å²) in [4.78, 5) is 14.1. The largest absolute Gasteiger partial charge is 0.376 e. The zero-order chi connectivity index (χ0) is 13.8. The Morgan fingerprint density at radius 2 is 1.86 bits per heavy atom. The summed E-state index contributed by atoms with van der Waals surface area (Å²) in [5.41, 5.74) is 1.15. The summed E-state index contributed by atoms with van der Waals surface area (Å²) >= 11 is 0. The van der Waals surface area contributed by atoms with Gasteiger partial charge in [-0.15, -0.1) is 12.4 Å². The molecule has 1 aromatic rings. The third-order valence-corrected chi connectivity index (χ3v) is 4.31. The maximum absolute atomic E-state index is 12.1. The highest BCUT2D eigenvalue weighted by Crippen LogP contribution is 2.26. The molecule has 4 nitrogen and oxygen atoms in total. The minimum atomic E-state index is 0. The minimum Gasteiger partial charge on any atom is -0.376 e. The number of nitrogens with one attached hydrogen (secondary N) is 1. The molecule has 2 saturated heterocycles. The standard InChI is InChI=1S/C16H22N2O2.ClH/c19-16(18-10-14-8-17-9-15(14)11-18)6-7-20-12-13-4-2-1-3-5-13;/h1-5,14-15,17H,6-12H2;1H/t14-,15+;. The van der Waals surface area contributed by atoms with Gasteiger partial charge in [0.25, 0.3) is 0 Å². The molecule has 2 aliphatic heterocycles. The Hall–Kier alpha value is -1.10. The zero-order valence-electron chi connectivity index (χ0n) is 12.2. The number of carbonyl (C=O) groups excluding carboxylic acids is 1. The van der Waals surface area contributed by atoms with Gasteiger partial charge in [0.1, 0.15) is 0 Å². The molecule has 2 heterocycles. The third-order valence-electron chi connectivity index (χ3n) is 4.31. The van der Waals surface area contributed by atoms with Crippen LogP contribution in [0.2, 0.25) is 0 Å². The molecule has 0 spiro atoms. The van der Waals surface area contributed by atoms with E-state index in [1.165, 1.54) is 0 Å². The van der Waals surface area contributed by atoms with Crippen molar-refractivity contribution in [2.24, 2.45) is 11.8 Å². The lowest BCUT2D eigenvalue weighted by Crippen LogP contribution is -2.32. The minimum absolute atomic E-state index is 0. The number of benzene rings is 1. The fraction of sp³-hybridized carbons (Fsp3) is 0.562. The highest BCUT2D eigenvalue weighted by molar-refractivity contribution is 5.85. The van der Waals surface area contributed by atoms with Crippen LogP contribution in [0.5, 0.6) is 0 Å². The van der Waals surface area contributed by atoms with E-state index >= 15 is 0 Å². The predicted octanol–water partition coefficient (Wildman–Crippen LogP) is 1.69. The molecule has 5 heteroatoms. The van der Waals surface area contributed by atoms with Crippen molar-refractivity contribution in [3.8, 4) is 0 Å². The van der Waals surface area contributed by atoms with E-state index in [2.05, 4.69) is 5.32 Å².